The van der Waals surface area contributed by atoms with Crippen LogP contribution in [0.3, 0.4) is 0 Å². The van der Waals surface area contributed by atoms with Gasteiger partial charge in [-0.1, -0.05) is 18.2 Å². The minimum absolute atomic E-state index is 0.108. The van der Waals surface area contributed by atoms with Gasteiger partial charge in [0.2, 0.25) is 15.9 Å². The average molecular weight is 491 g/mol. The van der Waals surface area contributed by atoms with E-state index in [1.54, 1.807) is 17.5 Å². The zero-order valence-electron chi connectivity index (χ0n) is 18.0. The van der Waals surface area contributed by atoms with Gasteiger partial charge in [-0.25, -0.2) is 18.1 Å². The van der Waals surface area contributed by atoms with E-state index < -0.39 is 10.0 Å². The number of rotatable bonds is 7. The lowest BCUT2D eigenvalue weighted by Crippen LogP contribution is -2.46. The first-order chi connectivity index (χ1) is 15.3. The summed E-state index contributed by atoms with van der Waals surface area (Å²) in [5.74, 6) is -0.108. The van der Waals surface area contributed by atoms with Crippen LogP contribution < -0.4 is 10.0 Å². The molecule has 7 nitrogen and oxygen atoms in total. The lowest BCUT2D eigenvalue weighted by Gasteiger charge is -2.31. The zero-order valence-corrected chi connectivity index (χ0v) is 20.4. The molecule has 10 heteroatoms. The predicted octanol–water partition coefficient (Wildman–Crippen LogP) is 3.87. The molecule has 0 spiro atoms. The Hall–Kier alpha value is -2.11. The normalized spacial score (nSPS) is 15.7. The summed E-state index contributed by atoms with van der Waals surface area (Å²) in [6.07, 6.45) is 1.35. The molecule has 3 aromatic rings. The Balaban J connectivity index is 1.26. The number of thiophene rings is 1. The largest absolute Gasteiger partial charge is 0.301 e. The molecule has 1 saturated heterocycles. The van der Waals surface area contributed by atoms with Crippen molar-refractivity contribution in [1.82, 2.24) is 14.6 Å². The summed E-state index contributed by atoms with van der Waals surface area (Å²) in [5, 5.41) is 7.18. The maximum Gasteiger partial charge on any atom is 0.250 e. The van der Waals surface area contributed by atoms with Crippen LogP contribution in [-0.4, -0.2) is 49.9 Å². The zero-order chi connectivity index (χ0) is 22.7. The summed E-state index contributed by atoms with van der Waals surface area (Å²) >= 11 is 2.62. The number of benzene rings is 1. The number of aromatic nitrogens is 1. The van der Waals surface area contributed by atoms with Crippen molar-refractivity contribution >= 4 is 43.7 Å². The smallest absolute Gasteiger partial charge is 0.250 e. The number of aryl methyl sites for hydroxylation is 2. The van der Waals surface area contributed by atoms with Crippen LogP contribution >= 0.6 is 22.7 Å². The van der Waals surface area contributed by atoms with E-state index in [4.69, 9.17) is 0 Å². The van der Waals surface area contributed by atoms with Gasteiger partial charge < -0.3 is 5.32 Å². The van der Waals surface area contributed by atoms with Crippen molar-refractivity contribution in [2.45, 2.75) is 36.9 Å². The monoisotopic (exact) mass is 490 g/mol. The van der Waals surface area contributed by atoms with Crippen molar-refractivity contribution in [3.63, 3.8) is 0 Å². The minimum Gasteiger partial charge on any atom is -0.301 e. The van der Waals surface area contributed by atoms with Crippen molar-refractivity contribution in [1.29, 1.82) is 0 Å². The summed E-state index contributed by atoms with van der Waals surface area (Å²) in [7, 11) is -3.46. The number of hydrogen-bond donors (Lipinski definition) is 2. The standard InChI is InChI=1S/C22H26N4O3S3/c1-15-5-6-17(12-16(15)2)19-14-31-22(23-19)24-20(27)13-26-9-7-18(8-10-26)25-32(28,29)21-4-3-11-30-21/h3-6,11-12,14,18,25H,7-10,13H2,1-2H3,(H,23,24,27). The molecule has 170 valence electrons. The molecule has 0 unspecified atom stereocenters. The first kappa shape index (κ1) is 23.1. The SMILES string of the molecule is Cc1ccc(-c2csc(NC(=O)CN3CCC(NS(=O)(=O)c4cccs4)CC3)n2)cc1C. The number of carbonyl (C=O) groups is 1. The van der Waals surface area contributed by atoms with E-state index in [0.29, 0.717) is 35.3 Å². The Labute approximate surface area is 196 Å². The Morgan fingerprint density at radius 2 is 1.94 bits per heavy atom. The lowest BCUT2D eigenvalue weighted by molar-refractivity contribution is -0.117. The van der Waals surface area contributed by atoms with Gasteiger partial charge in [-0.05, 0) is 55.3 Å². The Kier molecular flexibility index (Phi) is 7.06. The van der Waals surface area contributed by atoms with E-state index >= 15 is 0 Å². The third kappa shape index (κ3) is 5.62. The molecule has 1 aromatic carbocycles. The van der Waals surface area contributed by atoms with Gasteiger partial charge in [0.15, 0.2) is 5.13 Å². The molecule has 3 heterocycles. The molecule has 32 heavy (non-hydrogen) atoms. The third-order valence-corrected chi connectivity index (χ3v) is 9.27. The van der Waals surface area contributed by atoms with E-state index in [2.05, 4.69) is 41.0 Å². The maximum absolute atomic E-state index is 12.5. The van der Waals surface area contributed by atoms with E-state index in [1.165, 1.54) is 33.8 Å². The number of thiazole rings is 1. The van der Waals surface area contributed by atoms with Gasteiger partial charge in [0.05, 0.1) is 12.2 Å². The topological polar surface area (TPSA) is 91.4 Å². The number of likely N-dealkylation sites (tertiary alicyclic amines) is 1. The van der Waals surface area contributed by atoms with Crippen LogP contribution in [0.15, 0.2) is 45.3 Å². The van der Waals surface area contributed by atoms with E-state index in [9.17, 15) is 13.2 Å². The van der Waals surface area contributed by atoms with Crippen molar-refractivity contribution in [2.75, 3.05) is 25.0 Å². The number of hydrogen-bond acceptors (Lipinski definition) is 7. The second-order valence-corrected chi connectivity index (χ2v) is 11.7. The molecule has 4 rings (SSSR count). The average Bonchev–Trinajstić information content (AvgIpc) is 3.44. The van der Waals surface area contributed by atoms with Crippen LogP contribution in [0.5, 0.6) is 0 Å². The molecule has 0 bridgehead atoms. The van der Waals surface area contributed by atoms with Crippen LogP contribution in [0.1, 0.15) is 24.0 Å². The van der Waals surface area contributed by atoms with Gasteiger partial charge in [-0.3, -0.25) is 9.69 Å². The molecule has 1 aliphatic rings. The summed E-state index contributed by atoms with van der Waals surface area (Å²) in [6.45, 7) is 5.74. The van der Waals surface area contributed by atoms with Crippen LogP contribution in [0, 0.1) is 13.8 Å². The van der Waals surface area contributed by atoms with Gasteiger partial charge in [-0.15, -0.1) is 22.7 Å². The highest BCUT2D eigenvalue weighted by molar-refractivity contribution is 7.91. The second-order valence-electron chi connectivity index (χ2n) is 7.99. The van der Waals surface area contributed by atoms with E-state index in [-0.39, 0.29) is 18.5 Å². The molecule has 1 aliphatic heterocycles. The van der Waals surface area contributed by atoms with Gasteiger partial charge in [-0.2, -0.15) is 0 Å². The fraction of sp³-hybridized carbons (Fsp3) is 0.364. The van der Waals surface area contributed by atoms with Gasteiger partial charge >= 0.3 is 0 Å². The van der Waals surface area contributed by atoms with Gasteiger partial charge in [0.1, 0.15) is 4.21 Å². The molecular weight excluding hydrogens is 464 g/mol. The maximum atomic E-state index is 12.5. The molecule has 2 N–H and O–H groups in total. The third-order valence-electron chi connectivity index (χ3n) is 5.59. The number of amides is 1. The fourth-order valence-corrected chi connectivity index (χ4v) is 6.68. The van der Waals surface area contributed by atoms with Crippen molar-refractivity contribution in [3.05, 3.63) is 52.2 Å². The predicted molar refractivity (Wildman–Crippen MR) is 130 cm³/mol. The Bertz CT molecular complexity index is 1180. The summed E-state index contributed by atoms with van der Waals surface area (Å²) < 4.78 is 27.9. The Morgan fingerprint density at radius 3 is 2.62 bits per heavy atom. The minimum atomic E-state index is -3.46. The number of piperidine rings is 1. The summed E-state index contributed by atoms with van der Waals surface area (Å²) in [4.78, 5) is 19.1. The first-order valence-corrected chi connectivity index (χ1v) is 13.7. The van der Waals surface area contributed by atoms with Crippen LogP contribution in [0.4, 0.5) is 5.13 Å². The lowest BCUT2D eigenvalue weighted by atomic mass is 10.1. The van der Waals surface area contributed by atoms with Gasteiger partial charge in [0, 0.05) is 30.1 Å². The van der Waals surface area contributed by atoms with Crippen LogP contribution in [-0.2, 0) is 14.8 Å². The quantitative estimate of drug-likeness (QED) is 0.525. The molecule has 2 aromatic heterocycles. The van der Waals surface area contributed by atoms with Crippen LogP contribution in [0.2, 0.25) is 0 Å². The highest BCUT2D eigenvalue weighted by Gasteiger charge is 2.26. The number of anilines is 1. The molecule has 0 atom stereocenters. The molecule has 0 aliphatic carbocycles. The van der Waals surface area contributed by atoms with Crippen molar-refractivity contribution in [3.8, 4) is 11.3 Å². The summed E-state index contributed by atoms with van der Waals surface area (Å²) in [5.41, 5.74) is 4.34. The van der Waals surface area contributed by atoms with Crippen LogP contribution in [0.25, 0.3) is 11.3 Å². The number of sulfonamides is 1. The molecule has 1 fully saturated rings. The number of nitrogens with one attached hydrogen (secondary N) is 2. The molecule has 0 radical (unpaired) electrons. The van der Waals surface area contributed by atoms with E-state index in [0.717, 1.165) is 11.3 Å². The summed E-state index contributed by atoms with van der Waals surface area (Å²) in [6, 6.07) is 9.45. The molecular formula is C22H26N4O3S3. The van der Waals surface area contributed by atoms with Crippen molar-refractivity contribution in [2.24, 2.45) is 0 Å². The first-order valence-electron chi connectivity index (χ1n) is 10.4. The second kappa shape index (κ2) is 9.80. The molecule has 0 saturated carbocycles. The number of nitrogens with zero attached hydrogens (tertiary/aromatic N) is 2. The fourth-order valence-electron chi connectivity index (χ4n) is 3.63. The Morgan fingerprint density at radius 1 is 1.16 bits per heavy atom. The number of carbonyl (C=O) groups excluding carboxylic acids is 1. The van der Waals surface area contributed by atoms with Gasteiger partial charge in [0.25, 0.3) is 0 Å². The highest BCUT2D eigenvalue weighted by Crippen LogP contribution is 2.26. The molecule has 1 amide bonds. The van der Waals surface area contributed by atoms with Crippen molar-refractivity contribution < 1.29 is 13.2 Å². The van der Waals surface area contributed by atoms with E-state index in [1.807, 2.05) is 16.3 Å². The highest BCUT2D eigenvalue weighted by atomic mass is 32.2.